The molecule has 0 aliphatic heterocycles. The molecule has 0 saturated heterocycles. The van der Waals surface area contributed by atoms with E-state index in [0.717, 1.165) is 17.8 Å². The molecule has 106 valence electrons. The standard InChI is InChI=1S/C13H13FN2O3S/c14-11-3-1-10(2-4-11)7-8-16-20(18,19)12-5-6-13(17)15-9-12/h1-6,9,16H,7-8H2,(H,15,17). The van der Waals surface area contributed by atoms with E-state index in [9.17, 15) is 17.6 Å². The molecule has 2 N–H and O–H groups in total. The van der Waals surface area contributed by atoms with E-state index in [-0.39, 0.29) is 22.8 Å². The Balaban J connectivity index is 1.97. The highest BCUT2D eigenvalue weighted by atomic mass is 32.2. The summed E-state index contributed by atoms with van der Waals surface area (Å²) in [6.07, 6.45) is 1.59. The summed E-state index contributed by atoms with van der Waals surface area (Å²) in [7, 11) is -3.65. The lowest BCUT2D eigenvalue weighted by atomic mass is 10.1. The summed E-state index contributed by atoms with van der Waals surface area (Å²) in [5, 5.41) is 0. The first kappa shape index (κ1) is 14.4. The fourth-order valence-corrected chi connectivity index (χ4v) is 2.63. The highest BCUT2D eigenvalue weighted by Crippen LogP contribution is 2.06. The van der Waals surface area contributed by atoms with Crippen molar-refractivity contribution in [1.82, 2.24) is 9.71 Å². The molecule has 2 aromatic rings. The van der Waals surface area contributed by atoms with Crippen molar-refractivity contribution in [2.24, 2.45) is 0 Å². The number of hydrogen-bond donors (Lipinski definition) is 2. The van der Waals surface area contributed by atoms with Crippen molar-refractivity contribution < 1.29 is 12.8 Å². The highest BCUT2D eigenvalue weighted by Gasteiger charge is 2.13. The average molecular weight is 296 g/mol. The molecule has 20 heavy (non-hydrogen) atoms. The van der Waals surface area contributed by atoms with E-state index in [0.29, 0.717) is 6.42 Å². The Kier molecular flexibility index (Phi) is 4.31. The number of aromatic nitrogens is 1. The molecule has 0 amide bonds. The van der Waals surface area contributed by atoms with E-state index in [4.69, 9.17) is 0 Å². The van der Waals surface area contributed by atoms with E-state index in [1.807, 2.05) is 0 Å². The number of nitrogens with one attached hydrogen (secondary N) is 2. The zero-order valence-corrected chi connectivity index (χ0v) is 11.3. The molecule has 0 fully saturated rings. The summed E-state index contributed by atoms with van der Waals surface area (Å²) < 4.78 is 38.9. The van der Waals surface area contributed by atoms with Crippen molar-refractivity contribution in [3.63, 3.8) is 0 Å². The van der Waals surface area contributed by atoms with Crippen LogP contribution in [-0.2, 0) is 16.4 Å². The second kappa shape index (κ2) is 5.98. The van der Waals surface area contributed by atoms with Crippen LogP contribution in [0.5, 0.6) is 0 Å². The number of aromatic amines is 1. The number of benzene rings is 1. The zero-order chi connectivity index (χ0) is 14.6. The molecule has 0 bridgehead atoms. The second-order valence-electron chi connectivity index (χ2n) is 4.16. The maximum Gasteiger partial charge on any atom is 0.247 e. The summed E-state index contributed by atoms with van der Waals surface area (Å²) in [6.45, 7) is 0.188. The van der Waals surface area contributed by atoms with Gasteiger partial charge in [0, 0.05) is 18.8 Å². The van der Waals surface area contributed by atoms with Crippen LogP contribution in [0.25, 0.3) is 0 Å². The maximum atomic E-state index is 12.7. The molecule has 7 heteroatoms. The van der Waals surface area contributed by atoms with E-state index in [1.165, 1.54) is 18.2 Å². The van der Waals surface area contributed by atoms with E-state index >= 15 is 0 Å². The molecule has 1 heterocycles. The number of hydrogen-bond acceptors (Lipinski definition) is 3. The minimum atomic E-state index is -3.65. The third kappa shape index (κ3) is 3.75. The topological polar surface area (TPSA) is 79.0 Å². The predicted molar refractivity (Wildman–Crippen MR) is 72.4 cm³/mol. The Hall–Kier alpha value is -1.99. The molecule has 0 spiro atoms. The minimum Gasteiger partial charge on any atom is -0.328 e. The van der Waals surface area contributed by atoms with Crippen LogP contribution < -0.4 is 10.3 Å². The molecule has 0 unspecified atom stereocenters. The van der Waals surface area contributed by atoms with Gasteiger partial charge in [-0.25, -0.2) is 17.5 Å². The lowest BCUT2D eigenvalue weighted by Crippen LogP contribution is -2.26. The Labute approximate surface area is 115 Å². The van der Waals surface area contributed by atoms with Gasteiger partial charge in [-0.15, -0.1) is 0 Å². The van der Waals surface area contributed by atoms with Crippen LogP contribution in [0.2, 0.25) is 0 Å². The summed E-state index contributed by atoms with van der Waals surface area (Å²) in [4.78, 5) is 13.2. The molecule has 0 atom stereocenters. The van der Waals surface area contributed by atoms with Crippen LogP contribution in [0.4, 0.5) is 4.39 Å². The molecule has 2 rings (SSSR count). The van der Waals surface area contributed by atoms with Gasteiger partial charge in [-0.3, -0.25) is 4.79 Å². The van der Waals surface area contributed by atoms with E-state index in [2.05, 4.69) is 9.71 Å². The predicted octanol–water partition coefficient (Wildman–Crippen LogP) is 1.03. The van der Waals surface area contributed by atoms with Gasteiger partial charge in [0.1, 0.15) is 5.82 Å². The van der Waals surface area contributed by atoms with Gasteiger partial charge >= 0.3 is 0 Å². The van der Waals surface area contributed by atoms with Gasteiger partial charge in [0.05, 0.1) is 4.90 Å². The van der Waals surface area contributed by atoms with Gasteiger partial charge < -0.3 is 4.98 Å². The molecular formula is C13H13FN2O3S. The normalized spacial score (nSPS) is 11.4. The molecule has 0 aliphatic carbocycles. The fraction of sp³-hybridized carbons (Fsp3) is 0.154. The Morgan fingerprint density at radius 1 is 1.10 bits per heavy atom. The lowest BCUT2D eigenvalue weighted by molar-refractivity contribution is 0.581. The molecular weight excluding hydrogens is 283 g/mol. The zero-order valence-electron chi connectivity index (χ0n) is 10.5. The first-order chi connectivity index (χ1) is 9.47. The molecule has 5 nitrogen and oxygen atoms in total. The molecule has 0 saturated carbocycles. The van der Waals surface area contributed by atoms with Crippen LogP contribution >= 0.6 is 0 Å². The molecule has 1 aromatic heterocycles. The number of halogens is 1. The third-order valence-corrected chi connectivity index (χ3v) is 4.14. The van der Waals surface area contributed by atoms with Crippen LogP contribution in [-0.4, -0.2) is 19.9 Å². The van der Waals surface area contributed by atoms with Gasteiger partial charge in [0.25, 0.3) is 0 Å². The summed E-state index contributed by atoms with van der Waals surface area (Å²) >= 11 is 0. The minimum absolute atomic E-state index is 0.00351. The fourth-order valence-electron chi connectivity index (χ4n) is 1.63. The van der Waals surface area contributed by atoms with Crippen molar-refractivity contribution in [2.75, 3.05) is 6.54 Å². The summed E-state index contributed by atoms with van der Waals surface area (Å²) in [5.74, 6) is -0.331. The summed E-state index contributed by atoms with van der Waals surface area (Å²) in [5.41, 5.74) is 0.464. The lowest BCUT2D eigenvalue weighted by Gasteiger charge is -2.06. The van der Waals surface area contributed by atoms with Gasteiger partial charge in [-0.2, -0.15) is 0 Å². The van der Waals surface area contributed by atoms with Crippen LogP contribution in [0.15, 0.2) is 52.3 Å². The molecule has 0 radical (unpaired) electrons. The monoisotopic (exact) mass is 296 g/mol. The molecule has 0 aliphatic rings. The Morgan fingerprint density at radius 3 is 2.40 bits per heavy atom. The largest absolute Gasteiger partial charge is 0.328 e. The van der Waals surface area contributed by atoms with Crippen molar-refractivity contribution in [3.8, 4) is 0 Å². The Morgan fingerprint density at radius 2 is 1.80 bits per heavy atom. The van der Waals surface area contributed by atoms with Crippen molar-refractivity contribution in [1.29, 1.82) is 0 Å². The van der Waals surface area contributed by atoms with Crippen LogP contribution in [0.1, 0.15) is 5.56 Å². The van der Waals surface area contributed by atoms with Crippen LogP contribution in [0.3, 0.4) is 0 Å². The van der Waals surface area contributed by atoms with Crippen LogP contribution in [0, 0.1) is 5.82 Å². The van der Waals surface area contributed by atoms with E-state index in [1.54, 1.807) is 12.1 Å². The van der Waals surface area contributed by atoms with Gasteiger partial charge in [-0.1, -0.05) is 12.1 Å². The number of sulfonamides is 1. The SMILES string of the molecule is O=c1ccc(S(=O)(=O)NCCc2ccc(F)cc2)c[nH]1. The molecule has 1 aromatic carbocycles. The highest BCUT2D eigenvalue weighted by molar-refractivity contribution is 7.89. The first-order valence-electron chi connectivity index (χ1n) is 5.90. The number of pyridine rings is 1. The third-order valence-electron chi connectivity index (χ3n) is 2.68. The summed E-state index contributed by atoms with van der Waals surface area (Å²) in [6, 6.07) is 8.23. The van der Waals surface area contributed by atoms with Gasteiger partial charge in [0.15, 0.2) is 0 Å². The first-order valence-corrected chi connectivity index (χ1v) is 7.38. The van der Waals surface area contributed by atoms with Crippen molar-refractivity contribution >= 4 is 10.0 Å². The van der Waals surface area contributed by atoms with Crippen molar-refractivity contribution in [3.05, 3.63) is 64.3 Å². The van der Waals surface area contributed by atoms with Gasteiger partial charge in [0.2, 0.25) is 15.6 Å². The number of rotatable bonds is 5. The maximum absolute atomic E-state index is 12.7. The smallest absolute Gasteiger partial charge is 0.247 e. The second-order valence-corrected chi connectivity index (χ2v) is 5.93. The average Bonchev–Trinajstić information content (AvgIpc) is 2.41. The van der Waals surface area contributed by atoms with Crippen molar-refractivity contribution in [2.45, 2.75) is 11.3 Å². The van der Waals surface area contributed by atoms with E-state index < -0.39 is 10.0 Å². The number of H-pyrrole nitrogens is 1. The van der Waals surface area contributed by atoms with Gasteiger partial charge in [-0.05, 0) is 30.2 Å². The quantitative estimate of drug-likeness (QED) is 0.865. The Bertz CT molecular complexity index is 718.